The molecular formula is C59H92O29. The zero-order valence-corrected chi connectivity index (χ0v) is 50.7. The van der Waals surface area contributed by atoms with E-state index in [4.69, 9.17) is 52.1 Å². The van der Waals surface area contributed by atoms with E-state index >= 15 is 4.79 Å². The number of carboxylic acids is 1. The first-order chi connectivity index (χ1) is 41.1. The summed E-state index contributed by atoms with van der Waals surface area (Å²) >= 11 is 0. The van der Waals surface area contributed by atoms with Gasteiger partial charge in [-0.15, -0.1) is 0 Å². The van der Waals surface area contributed by atoms with Crippen LogP contribution in [-0.4, -0.2) is 274 Å². The summed E-state index contributed by atoms with van der Waals surface area (Å²) in [4.78, 5) is 41.8. The second-order valence-corrected chi connectivity index (χ2v) is 28.5. The Bertz CT molecular complexity index is 2580. The van der Waals surface area contributed by atoms with E-state index in [1.54, 1.807) is 0 Å². The van der Waals surface area contributed by atoms with Gasteiger partial charge in [0.05, 0.1) is 56.8 Å². The quantitative estimate of drug-likeness (QED) is 0.0452. The number of fused-ring (bicyclic) bond motifs is 7. The van der Waals surface area contributed by atoms with Gasteiger partial charge in [-0.2, -0.15) is 0 Å². The van der Waals surface area contributed by atoms with Crippen LogP contribution in [0.2, 0.25) is 0 Å². The topological polar surface area (TPSA) is 456 Å². The van der Waals surface area contributed by atoms with Gasteiger partial charge in [0.1, 0.15) is 90.4 Å². The van der Waals surface area contributed by atoms with Crippen LogP contribution in [0.15, 0.2) is 11.6 Å². The van der Waals surface area contributed by atoms with Gasteiger partial charge in [0.15, 0.2) is 37.4 Å². The lowest BCUT2D eigenvalue weighted by Gasteiger charge is -2.71. The molecule has 10 rings (SSSR count). The van der Waals surface area contributed by atoms with Gasteiger partial charge in [-0.25, -0.2) is 0 Å². The highest BCUT2D eigenvalue weighted by molar-refractivity contribution is 5.80. The van der Waals surface area contributed by atoms with Crippen molar-refractivity contribution < 1.29 is 143 Å². The molecule has 32 atom stereocenters. The third-order valence-corrected chi connectivity index (χ3v) is 22.8. The van der Waals surface area contributed by atoms with Gasteiger partial charge in [0, 0.05) is 6.92 Å². The summed E-state index contributed by atoms with van der Waals surface area (Å²) in [6, 6.07) is 0. The minimum Gasteiger partial charge on any atom is -0.481 e. The number of carbonyl (C=O) groups excluding carboxylic acids is 2. The maximum Gasteiger partial charge on any atom is 0.317 e. The Morgan fingerprint density at radius 2 is 1.25 bits per heavy atom. The summed E-state index contributed by atoms with van der Waals surface area (Å²) in [6.07, 6.45) is -34.1. The van der Waals surface area contributed by atoms with E-state index in [0.717, 1.165) is 12.5 Å². The highest BCUT2D eigenvalue weighted by Gasteiger charge is 2.74. The van der Waals surface area contributed by atoms with Crippen LogP contribution in [-0.2, 0) is 66.5 Å². The third-order valence-electron chi connectivity index (χ3n) is 22.8. The number of rotatable bonds is 14. The van der Waals surface area contributed by atoms with Gasteiger partial charge in [-0.3, -0.25) is 14.4 Å². The fourth-order valence-corrected chi connectivity index (χ4v) is 17.6. The Hall–Kier alpha value is -2.77. The Morgan fingerprint density at radius 3 is 1.89 bits per heavy atom. The zero-order valence-electron chi connectivity index (χ0n) is 50.7. The molecule has 0 aromatic carbocycles. The summed E-state index contributed by atoms with van der Waals surface area (Å²) in [7, 11) is 0. The number of aliphatic hydroxyl groups excluding tert-OH is 13. The van der Waals surface area contributed by atoms with Crippen molar-refractivity contribution in [3.05, 3.63) is 11.6 Å². The van der Waals surface area contributed by atoms with Gasteiger partial charge in [0.2, 0.25) is 6.29 Å². The smallest absolute Gasteiger partial charge is 0.317 e. The van der Waals surface area contributed by atoms with Gasteiger partial charge in [-0.1, -0.05) is 46.3 Å². The van der Waals surface area contributed by atoms with Crippen LogP contribution < -0.4 is 0 Å². The van der Waals surface area contributed by atoms with Crippen LogP contribution in [0, 0.1) is 50.2 Å². The van der Waals surface area contributed by atoms with Crippen molar-refractivity contribution in [1.82, 2.24) is 0 Å². The van der Waals surface area contributed by atoms with Crippen molar-refractivity contribution in [1.29, 1.82) is 0 Å². The number of aliphatic hydroxyl groups is 14. The van der Waals surface area contributed by atoms with E-state index < -0.39 is 237 Å². The monoisotopic (exact) mass is 1260 g/mol. The first kappa shape index (κ1) is 68.1. The Morgan fingerprint density at radius 1 is 0.625 bits per heavy atom. The molecule has 0 aromatic heterocycles. The number of carboxylic acid groups (broad SMARTS) is 1. The average molecular weight is 1270 g/mol. The van der Waals surface area contributed by atoms with Gasteiger partial charge in [-0.05, 0) is 105 Å². The normalized spacial score (nSPS) is 53.5. The van der Waals surface area contributed by atoms with E-state index in [9.17, 15) is 86.2 Å². The number of aliphatic carboxylic acids is 1. The molecule has 4 saturated carbocycles. The summed E-state index contributed by atoms with van der Waals surface area (Å²) < 4.78 is 64.4. The second kappa shape index (κ2) is 24.5. The summed E-state index contributed by atoms with van der Waals surface area (Å²) in [5.74, 6) is -4.75. The lowest BCUT2D eigenvalue weighted by Crippen LogP contribution is -2.71. The Balaban J connectivity index is 0.897. The van der Waals surface area contributed by atoms with Crippen molar-refractivity contribution >= 4 is 17.9 Å². The first-order valence-electron chi connectivity index (χ1n) is 30.6. The van der Waals surface area contributed by atoms with E-state index in [-0.39, 0.29) is 37.0 Å². The molecule has 502 valence electrons. The molecule has 0 radical (unpaired) electrons. The highest BCUT2D eigenvalue weighted by atomic mass is 16.8. The number of ether oxygens (including phenoxy) is 11. The van der Waals surface area contributed by atoms with Gasteiger partial charge in [0.25, 0.3) is 0 Å². The van der Waals surface area contributed by atoms with Crippen LogP contribution in [0.5, 0.6) is 0 Å². The minimum absolute atomic E-state index is 0.00783. The molecule has 5 aliphatic heterocycles. The Labute approximate surface area is 508 Å². The number of hydrogen-bond donors (Lipinski definition) is 15. The molecule has 32 unspecified atom stereocenters. The predicted molar refractivity (Wildman–Crippen MR) is 290 cm³/mol. The number of hydrogen-bond acceptors (Lipinski definition) is 28. The number of allylic oxidation sites excluding steroid dienone is 2. The first-order valence-corrected chi connectivity index (χ1v) is 30.6. The lowest BCUT2D eigenvalue weighted by molar-refractivity contribution is -0.365. The number of carbonyl (C=O) groups is 3. The maximum absolute atomic E-state index is 15.5. The van der Waals surface area contributed by atoms with Crippen molar-refractivity contribution in [2.45, 2.75) is 254 Å². The van der Waals surface area contributed by atoms with Crippen LogP contribution in [0.3, 0.4) is 0 Å². The molecule has 29 nitrogen and oxygen atoms in total. The molecule has 5 aliphatic carbocycles. The molecule has 0 amide bonds. The molecule has 29 heteroatoms. The molecule has 9 fully saturated rings. The molecule has 10 aliphatic rings. The molecular weight excluding hydrogens is 1170 g/mol. The SMILES string of the molecule is CC(=O)OC1C(C)OC(OC2C(OC(=O)C34CCC(C)(C)CC3C3=CCC5C6(C)CC(O)C(OC7OC(CO)C(OC8OCC(O)C(O)C8O)C(O)C7O)C(C)(C(=O)O)C6CCC5(C)C3(C)CC4O)OCC(O)C2O)C(O)C1OC1OCC(O)(CO)C1O. The van der Waals surface area contributed by atoms with Gasteiger partial charge < -0.3 is 129 Å². The van der Waals surface area contributed by atoms with Crippen LogP contribution >= 0.6 is 0 Å². The van der Waals surface area contributed by atoms with E-state index in [0.29, 0.717) is 25.7 Å². The maximum atomic E-state index is 15.5. The summed E-state index contributed by atoms with van der Waals surface area (Å²) in [5.41, 5.74) is -7.70. The van der Waals surface area contributed by atoms with E-state index in [1.165, 1.54) is 13.8 Å². The van der Waals surface area contributed by atoms with E-state index in [2.05, 4.69) is 33.8 Å². The molecule has 0 bridgehead atoms. The van der Waals surface area contributed by atoms with Crippen LogP contribution in [0.1, 0.15) is 107 Å². The fourth-order valence-electron chi connectivity index (χ4n) is 17.6. The minimum atomic E-state index is -2.14. The van der Waals surface area contributed by atoms with Crippen molar-refractivity contribution in [2.24, 2.45) is 50.2 Å². The summed E-state index contributed by atoms with van der Waals surface area (Å²) in [6.45, 7) is 10.9. The average Bonchev–Trinajstić information content (AvgIpc) is 0.696. The molecule has 0 spiro atoms. The van der Waals surface area contributed by atoms with Crippen LogP contribution in [0.4, 0.5) is 0 Å². The van der Waals surface area contributed by atoms with Gasteiger partial charge >= 0.3 is 17.9 Å². The zero-order chi connectivity index (χ0) is 64.5. The van der Waals surface area contributed by atoms with Crippen molar-refractivity contribution in [3.8, 4) is 0 Å². The van der Waals surface area contributed by atoms with Crippen molar-refractivity contribution in [3.63, 3.8) is 0 Å². The molecule has 5 heterocycles. The molecule has 0 aromatic rings. The standard InChI is InChI=1S/C59H92O29/c1-23-40(82-24(2)62)42(85-50-44(73)58(77,21-61)22-80-50)39(72)48(81-23)86-43-35(68)29(65)20-79-49(43)88-52(76)59-14-13-53(3,4)15-26(59)25-9-10-31-54(5)16-27(63)45(57(8,51(74)75)32(54)11-12-55(31,6)56(25,7)17-33(59)66)87-47-38(71)36(69)41(30(18-60)83-47)84-46-37(70)34(67)28(64)19-78-46/h9,23,26-50,60-61,63-73,77H,10-22H2,1-8H3,(H,74,75). The van der Waals surface area contributed by atoms with Crippen LogP contribution in [0.25, 0.3) is 0 Å². The predicted octanol–water partition coefficient (Wildman–Crippen LogP) is -3.69. The third kappa shape index (κ3) is 11.0. The molecule has 5 saturated heterocycles. The number of esters is 2. The molecule has 88 heavy (non-hydrogen) atoms. The summed E-state index contributed by atoms with van der Waals surface area (Å²) in [5, 5.41) is 167. The fraction of sp³-hybridized carbons (Fsp3) is 0.915. The molecule has 15 N–H and O–H groups in total. The van der Waals surface area contributed by atoms with Crippen molar-refractivity contribution in [2.75, 3.05) is 33.0 Å². The Kier molecular flexibility index (Phi) is 19.0. The second-order valence-electron chi connectivity index (χ2n) is 28.5. The largest absolute Gasteiger partial charge is 0.481 e. The highest BCUT2D eigenvalue weighted by Crippen LogP contribution is 2.76. The lowest BCUT2D eigenvalue weighted by atomic mass is 9.33. The van der Waals surface area contributed by atoms with E-state index in [1.807, 2.05) is 6.92 Å².